The van der Waals surface area contributed by atoms with Gasteiger partial charge in [0, 0.05) is 0 Å². The van der Waals surface area contributed by atoms with Crippen LogP contribution >= 0.6 is 0 Å². The topological polar surface area (TPSA) is 24.7 Å². The van der Waals surface area contributed by atoms with E-state index in [1.165, 1.54) is 36.8 Å². The van der Waals surface area contributed by atoms with Crippen molar-refractivity contribution < 1.29 is 0 Å². The highest BCUT2D eigenvalue weighted by atomic mass is 15.2. The lowest BCUT2D eigenvalue weighted by molar-refractivity contribution is 0.365. The third-order valence-corrected chi connectivity index (χ3v) is 5.92. The molecule has 2 saturated carbocycles. The molecule has 0 aromatic heterocycles. The number of azo groups is 1. The first-order chi connectivity index (χ1) is 11.8. The van der Waals surface area contributed by atoms with Crippen molar-refractivity contribution in [1.29, 1.82) is 0 Å². The molecule has 24 heavy (non-hydrogen) atoms. The summed E-state index contributed by atoms with van der Waals surface area (Å²) in [4.78, 5) is 0. The Hall–Kier alpha value is -1.96. The van der Waals surface area contributed by atoms with Gasteiger partial charge in [-0.1, -0.05) is 86.3 Å². The van der Waals surface area contributed by atoms with E-state index in [2.05, 4.69) is 60.7 Å². The van der Waals surface area contributed by atoms with Crippen LogP contribution in [0.15, 0.2) is 70.9 Å². The van der Waals surface area contributed by atoms with Gasteiger partial charge >= 0.3 is 0 Å². The summed E-state index contributed by atoms with van der Waals surface area (Å²) >= 11 is 0. The average Bonchev–Trinajstić information content (AvgIpc) is 3.33. The van der Waals surface area contributed by atoms with E-state index in [1.807, 2.05) is 0 Å². The molecule has 4 rings (SSSR count). The van der Waals surface area contributed by atoms with Crippen LogP contribution in [0, 0.1) is 0 Å². The van der Waals surface area contributed by atoms with E-state index in [1.54, 1.807) is 0 Å². The number of rotatable bonds is 4. The molecular formula is C22H26N2. The summed E-state index contributed by atoms with van der Waals surface area (Å²) in [6, 6.07) is 21.6. The molecule has 2 aliphatic rings. The van der Waals surface area contributed by atoms with Crippen LogP contribution in [-0.2, 0) is 11.1 Å². The highest BCUT2D eigenvalue weighted by Crippen LogP contribution is 2.47. The van der Waals surface area contributed by atoms with Gasteiger partial charge < -0.3 is 0 Å². The molecule has 0 unspecified atom stereocenters. The lowest BCUT2D eigenvalue weighted by Crippen LogP contribution is -2.23. The van der Waals surface area contributed by atoms with Crippen molar-refractivity contribution in [2.45, 2.75) is 62.4 Å². The Morgan fingerprint density at radius 3 is 1.17 bits per heavy atom. The summed E-state index contributed by atoms with van der Waals surface area (Å²) < 4.78 is 0. The van der Waals surface area contributed by atoms with Crippen LogP contribution in [-0.4, -0.2) is 0 Å². The summed E-state index contributed by atoms with van der Waals surface area (Å²) in [5.74, 6) is 0. The first kappa shape index (κ1) is 15.6. The Morgan fingerprint density at radius 1 is 0.500 bits per heavy atom. The Bertz CT molecular complexity index is 617. The fraction of sp³-hybridized carbons (Fsp3) is 0.455. The summed E-state index contributed by atoms with van der Waals surface area (Å²) in [6.07, 6.45) is 9.55. The molecule has 0 radical (unpaired) electrons. The Kier molecular flexibility index (Phi) is 4.22. The summed E-state index contributed by atoms with van der Waals surface area (Å²) in [7, 11) is 0. The van der Waals surface area contributed by atoms with Crippen LogP contribution in [0.25, 0.3) is 0 Å². The van der Waals surface area contributed by atoms with Crippen molar-refractivity contribution in [3.63, 3.8) is 0 Å². The average molecular weight is 318 g/mol. The van der Waals surface area contributed by atoms with Gasteiger partial charge in [0.1, 0.15) is 11.1 Å². The second kappa shape index (κ2) is 6.51. The zero-order valence-electron chi connectivity index (χ0n) is 14.3. The normalized spacial score (nSPS) is 22.2. The molecule has 2 heteroatoms. The molecule has 124 valence electrons. The van der Waals surface area contributed by atoms with Gasteiger partial charge in [-0.25, -0.2) is 0 Å². The van der Waals surface area contributed by atoms with E-state index in [0.29, 0.717) is 0 Å². The van der Waals surface area contributed by atoms with Crippen LogP contribution < -0.4 is 0 Å². The molecule has 2 fully saturated rings. The number of nitrogens with zero attached hydrogens (tertiary/aromatic N) is 2. The Balaban J connectivity index is 1.71. The lowest BCUT2D eigenvalue weighted by atomic mass is 9.88. The molecule has 2 aliphatic carbocycles. The minimum atomic E-state index is -0.0916. The van der Waals surface area contributed by atoms with Crippen LogP contribution in [0.3, 0.4) is 0 Å². The second-order valence-electron chi connectivity index (χ2n) is 7.41. The van der Waals surface area contributed by atoms with E-state index in [0.717, 1.165) is 25.7 Å². The third kappa shape index (κ3) is 2.79. The number of benzene rings is 2. The van der Waals surface area contributed by atoms with Gasteiger partial charge in [0.2, 0.25) is 0 Å². The van der Waals surface area contributed by atoms with Crippen LogP contribution in [0.2, 0.25) is 0 Å². The maximum Gasteiger partial charge on any atom is 0.106 e. The van der Waals surface area contributed by atoms with Crippen LogP contribution in [0.5, 0.6) is 0 Å². The van der Waals surface area contributed by atoms with Crippen molar-refractivity contribution in [3.8, 4) is 0 Å². The Morgan fingerprint density at radius 2 is 0.833 bits per heavy atom. The van der Waals surface area contributed by atoms with Crippen molar-refractivity contribution in [2.75, 3.05) is 0 Å². The molecule has 2 nitrogen and oxygen atoms in total. The van der Waals surface area contributed by atoms with Crippen molar-refractivity contribution in [1.82, 2.24) is 0 Å². The largest absolute Gasteiger partial charge is 0.182 e. The third-order valence-electron chi connectivity index (χ3n) is 5.92. The predicted octanol–water partition coefficient (Wildman–Crippen LogP) is 6.38. The van der Waals surface area contributed by atoms with Crippen LogP contribution in [0.1, 0.15) is 62.5 Å². The molecule has 0 atom stereocenters. The minimum absolute atomic E-state index is 0.0916. The lowest BCUT2D eigenvalue weighted by Gasteiger charge is -2.28. The van der Waals surface area contributed by atoms with Gasteiger partial charge in [0.25, 0.3) is 0 Å². The van der Waals surface area contributed by atoms with Gasteiger partial charge in [-0.15, -0.1) is 0 Å². The molecule has 0 N–H and O–H groups in total. The number of hydrogen-bond acceptors (Lipinski definition) is 2. The summed E-state index contributed by atoms with van der Waals surface area (Å²) in [5.41, 5.74) is 2.50. The summed E-state index contributed by atoms with van der Waals surface area (Å²) in [6.45, 7) is 0. The van der Waals surface area contributed by atoms with Crippen molar-refractivity contribution >= 4 is 0 Å². The van der Waals surface area contributed by atoms with E-state index in [9.17, 15) is 0 Å². The fourth-order valence-electron chi connectivity index (χ4n) is 4.50. The van der Waals surface area contributed by atoms with E-state index in [-0.39, 0.29) is 11.1 Å². The van der Waals surface area contributed by atoms with Crippen molar-refractivity contribution in [3.05, 3.63) is 71.8 Å². The molecule has 0 saturated heterocycles. The highest BCUT2D eigenvalue weighted by Gasteiger charge is 2.40. The molecule has 0 heterocycles. The smallest absolute Gasteiger partial charge is 0.106 e. The molecule has 0 amide bonds. The standard InChI is InChI=1S/C22H26N2/c1-3-11-19(12-4-1)21(15-7-8-16-21)23-24-22(17-9-10-18-22)20-13-5-2-6-14-20/h1-6,11-14H,7-10,15-18H2. The van der Waals surface area contributed by atoms with E-state index < -0.39 is 0 Å². The Labute approximate surface area is 145 Å². The minimum Gasteiger partial charge on any atom is -0.182 e. The quantitative estimate of drug-likeness (QED) is 0.584. The molecule has 2 aromatic carbocycles. The maximum absolute atomic E-state index is 5.08. The molecule has 0 aliphatic heterocycles. The first-order valence-corrected chi connectivity index (χ1v) is 9.38. The van der Waals surface area contributed by atoms with Gasteiger partial charge in [0.15, 0.2) is 0 Å². The van der Waals surface area contributed by atoms with Gasteiger partial charge in [-0.3, -0.25) is 0 Å². The van der Waals surface area contributed by atoms with Gasteiger partial charge in [-0.2, -0.15) is 10.2 Å². The molecule has 0 bridgehead atoms. The molecule has 2 aromatic rings. The maximum atomic E-state index is 5.08. The van der Waals surface area contributed by atoms with E-state index >= 15 is 0 Å². The SMILES string of the molecule is c1ccc(C2(N=NC3(c4ccccc4)CCCC3)CCCC2)cc1. The summed E-state index contributed by atoms with van der Waals surface area (Å²) in [5, 5.41) is 10.2. The zero-order chi connectivity index (χ0) is 16.3. The van der Waals surface area contributed by atoms with E-state index in [4.69, 9.17) is 10.2 Å². The zero-order valence-corrected chi connectivity index (χ0v) is 14.3. The van der Waals surface area contributed by atoms with Crippen molar-refractivity contribution in [2.24, 2.45) is 10.2 Å². The van der Waals surface area contributed by atoms with Gasteiger partial charge in [0.05, 0.1) is 0 Å². The monoisotopic (exact) mass is 318 g/mol. The van der Waals surface area contributed by atoms with Gasteiger partial charge in [-0.05, 0) is 36.8 Å². The number of hydrogen-bond donors (Lipinski definition) is 0. The highest BCUT2D eigenvalue weighted by molar-refractivity contribution is 5.28. The molecular weight excluding hydrogens is 292 g/mol. The molecule has 0 spiro atoms. The second-order valence-corrected chi connectivity index (χ2v) is 7.41. The first-order valence-electron chi connectivity index (χ1n) is 9.38. The van der Waals surface area contributed by atoms with Crippen LogP contribution in [0.4, 0.5) is 0 Å². The predicted molar refractivity (Wildman–Crippen MR) is 98.0 cm³/mol. The fourth-order valence-corrected chi connectivity index (χ4v) is 4.50.